The smallest absolute Gasteiger partial charge is 0.243 e. The molecular weight excluding hydrogens is 436 g/mol. The topological polar surface area (TPSA) is 75.7 Å². The van der Waals surface area contributed by atoms with E-state index in [1.54, 1.807) is 24.3 Å². The van der Waals surface area contributed by atoms with Crippen molar-refractivity contribution in [1.29, 1.82) is 0 Å². The van der Waals surface area contributed by atoms with Gasteiger partial charge in [-0.15, -0.1) is 0 Å². The molecule has 0 atom stereocenters. The highest BCUT2D eigenvalue weighted by Crippen LogP contribution is 2.25. The fraction of sp³-hybridized carbons (Fsp3) is 0.269. The van der Waals surface area contributed by atoms with Crippen molar-refractivity contribution in [2.24, 2.45) is 0 Å². The van der Waals surface area contributed by atoms with Gasteiger partial charge in [-0.05, 0) is 55.2 Å². The Hall–Kier alpha value is -3.16. The molecule has 3 aromatic rings. The molecule has 0 aromatic heterocycles. The SMILES string of the molecule is O=C(CCc1ccc(S(=O)(=O)N2CCCC2)cc1)NCc1ccccc1Oc1ccccc1. The summed E-state index contributed by atoms with van der Waals surface area (Å²) in [5.74, 6) is 1.38. The van der Waals surface area contributed by atoms with Gasteiger partial charge in [-0.3, -0.25) is 4.79 Å². The largest absolute Gasteiger partial charge is 0.457 e. The minimum absolute atomic E-state index is 0.0710. The highest BCUT2D eigenvalue weighted by atomic mass is 32.2. The summed E-state index contributed by atoms with van der Waals surface area (Å²) in [6, 6.07) is 24.0. The maximum atomic E-state index is 12.6. The molecule has 3 aromatic carbocycles. The van der Waals surface area contributed by atoms with Gasteiger partial charge < -0.3 is 10.1 Å². The number of para-hydroxylation sites is 2. The molecule has 1 saturated heterocycles. The third-order valence-electron chi connectivity index (χ3n) is 5.69. The number of sulfonamides is 1. The summed E-state index contributed by atoms with van der Waals surface area (Å²) in [7, 11) is -3.41. The van der Waals surface area contributed by atoms with Crippen molar-refractivity contribution >= 4 is 15.9 Å². The zero-order valence-corrected chi connectivity index (χ0v) is 19.3. The number of benzene rings is 3. The Labute approximate surface area is 195 Å². The average molecular weight is 465 g/mol. The number of ether oxygens (including phenoxy) is 1. The molecule has 4 rings (SSSR count). The molecule has 0 spiro atoms. The number of nitrogens with zero attached hydrogens (tertiary/aromatic N) is 1. The van der Waals surface area contributed by atoms with Gasteiger partial charge in [-0.25, -0.2) is 8.42 Å². The molecule has 0 bridgehead atoms. The first-order valence-corrected chi connectivity index (χ1v) is 12.6. The van der Waals surface area contributed by atoms with Crippen molar-refractivity contribution < 1.29 is 17.9 Å². The normalized spacial score (nSPS) is 14.2. The lowest BCUT2D eigenvalue weighted by Gasteiger charge is -2.15. The summed E-state index contributed by atoms with van der Waals surface area (Å²) < 4.78 is 32.7. The van der Waals surface area contributed by atoms with E-state index in [-0.39, 0.29) is 5.91 Å². The van der Waals surface area contributed by atoms with Gasteiger partial charge in [-0.2, -0.15) is 4.31 Å². The summed E-state index contributed by atoms with van der Waals surface area (Å²) in [6.07, 6.45) is 2.68. The van der Waals surface area contributed by atoms with Crippen LogP contribution in [0.5, 0.6) is 11.5 Å². The van der Waals surface area contributed by atoms with Crippen molar-refractivity contribution in [3.8, 4) is 11.5 Å². The number of aryl methyl sites for hydroxylation is 1. The highest BCUT2D eigenvalue weighted by molar-refractivity contribution is 7.89. The number of rotatable bonds is 9. The van der Waals surface area contributed by atoms with Crippen molar-refractivity contribution in [1.82, 2.24) is 9.62 Å². The van der Waals surface area contributed by atoms with E-state index in [1.165, 1.54) is 4.31 Å². The molecule has 172 valence electrons. The molecule has 1 aliphatic rings. The molecule has 0 radical (unpaired) electrons. The molecule has 6 nitrogen and oxygen atoms in total. The van der Waals surface area contributed by atoms with E-state index < -0.39 is 10.0 Å². The minimum Gasteiger partial charge on any atom is -0.457 e. The van der Waals surface area contributed by atoms with Gasteiger partial charge in [0.2, 0.25) is 15.9 Å². The first-order valence-electron chi connectivity index (χ1n) is 11.2. The van der Waals surface area contributed by atoms with E-state index in [4.69, 9.17) is 4.74 Å². The average Bonchev–Trinajstić information content (AvgIpc) is 3.39. The summed E-state index contributed by atoms with van der Waals surface area (Å²) in [6.45, 7) is 1.54. The van der Waals surface area contributed by atoms with Crippen molar-refractivity contribution in [3.63, 3.8) is 0 Å². The fourth-order valence-electron chi connectivity index (χ4n) is 3.81. The number of amides is 1. The van der Waals surface area contributed by atoms with Crippen LogP contribution in [-0.2, 0) is 27.8 Å². The molecule has 1 fully saturated rings. The number of carbonyl (C=O) groups excluding carboxylic acids is 1. The second-order valence-corrected chi connectivity index (χ2v) is 9.99. The van der Waals surface area contributed by atoms with Crippen molar-refractivity contribution in [2.75, 3.05) is 13.1 Å². The molecule has 1 heterocycles. The summed E-state index contributed by atoms with van der Waals surface area (Å²) in [4.78, 5) is 12.7. The van der Waals surface area contributed by atoms with E-state index in [0.29, 0.717) is 43.1 Å². The molecule has 33 heavy (non-hydrogen) atoms. The van der Waals surface area contributed by atoms with Crippen LogP contribution < -0.4 is 10.1 Å². The Kier molecular flexibility index (Phi) is 7.42. The lowest BCUT2D eigenvalue weighted by Crippen LogP contribution is -2.27. The van der Waals surface area contributed by atoms with Crippen molar-refractivity contribution in [2.45, 2.75) is 37.1 Å². The Bertz CT molecular complexity index is 1170. The third-order valence-corrected chi connectivity index (χ3v) is 7.60. The zero-order chi connectivity index (χ0) is 23.1. The lowest BCUT2D eigenvalue weighted by molar-refractivity contribution is -0.121. The van der Waals surface area contributed by atoms with Gasteiger partial charge in [0, 0.05) is 31.6 Å². The van der Waals surface area contributed by atoms with E-state index in [2.05, 4.69) is 5.32 Å². The summed E-state index contributed by atoms with van der Waals surface area (Å²) in [5.41, 5.74) is 1.82. The van der Waals surface area contributed by atoms with Crippen LogP contribution in [-0.4, -0.2) is 31.7 Å². The van der Waals surface area contributed by atoms with Gasteiger partial charge in [0.15, 0.2) is 0 Å². The molecule has 1 N–H and O–H groups in total. The van der Waals surface area contributed by atoms with Crippen LogP contribution in [0.25, 0.3) is 0 Å². The first-order chi connectivity index (χ1) is 16.0. The number of nitrogens with one attached hydrogen (secondary N) is 1. The van der Waals surface area contributed by atoms with Crippen LogP contribution in [0.15, 0.2) is 83.8 Å². The second kappa shape index (κ2) is 10.6. The van der Waals surface area contributed by atoms with Crippen LogP contribution in [0.3, 0.4) is 0 Å². The van der Waals surface area contributed by atoms with Crippen LogP contribution >= 0.6 is 0 Å². The molecule has 1 aliphatic heterocycles. The monoisotopic (exact) mass is 464 g/mol. The van der Waals surface area contributed by atoms with E-state index in [0.717, 1.165) is 29.7 Å². The van der Waals surface area contributed by atoms with Gasteiger partial charge in [0.25, 0.3) is 0 Å². The maximum Gasteiger partial charge on any atom is 0.243 e. The first kappa shape index (κ1) is 23.0. The van der Waals surface area contributed by atoms with E-state index in [1.807, 2.05) is 54.6 Å². The second-order valence-electron chi connectivity index (χ2n) is 8.05. The van der Waals surface area contributed by atoms with Crippen molar-refractivity contribution in [3.05, 3.63) is 90.0 Å². The standard InChI is InChI=1S/C26H28N2O4S/c29-26(27-20-22-8-4-5-11-25(22)32-23-9-2-1-3-10-23)17-14-21-12-15-24(16-13-21)33(30,31)28-18-6-7-19-28/h1-5,8-13,15-16H,6-7,14,17-20H2,(H,27,29). The Morgan fingerprint density at radius 1 is 0.879 bits per heavy atom. The van der Waals surface area contributed by atoms with Gasteiger partial charge in [-0.1, -0.05) is 48.5 Å². The molecule has 0 aliphatic carbocycles. The predicted octanol–water partition coefficient (Wildman–Crippen LogP) is 4.51. The van der Waals surface area contributed by atoms with E-state index in [9.17, 15) is 13.2 Å². The predicted molar refractivity (Wildman–Crippen MR) is 128 cm³/mol. The minimum atomic E-state index is -3.41. The fourth-order valence-corrected chi connectivity index (χ4v) is 5.33. The van der Waals surface area contributed by atoms with Gasteiger partial charge in [0.1, 0.15) is 11.5 Å². The summed E-state index contributed by atoms with van der Waals surface area (Å²) in [5, 5.41) is 2.95. The third kappa shape index (κ3) is 6.00. The van der Waals surface area contributed by atoms with Crippen LogP contribution in [0.4, 0.5) is 0 Å². The highest BCUT2D eigenvalue weighted by Gasteiger charge is 2.26. The molecule has 7 heteroatoms. The Balaban J connectivity index is 1.29. The van der Waals surface area contributed by atoms with Gasteiger partial charge in [0.05, 0.1) is 4.90 Å². The maximum absolute atomic E-state index is 12.6. The molecular formula is C26H28N2O4S. The number of carbonyl (C=O) groups is 1. The Morgan fingerprint density at radius 3 is 2.27 bits per heavy atom. The zero-order valence-electron chi connectivity index (χ0n) is 18.4. The van der Waals surface area contributed by atoms with E-state index >= 15 is 0 Å². The number of hydrogen-bond acceptors (Lipinski definition) is 4. The van der Waals surface area contributed by atoms with Crippen LogP contribution in [0.1, 0.15) is 30.4 Å². The molecule has 0 saturated carbocycles. The van der Waals surface area contributed by atoms with Crippen LogP contribution in [0, 0.1) is 0 Å². The molecule has 1 amide bonds. The van der Waals surface area contributed by atoms with Crippen LogP contribution in [0.2, 0.25) is 0 Å². The molecule has 0 unspecified atom stereocenters. The quantitative estimate of drug-likeness (QED) is 0.506. The van der Waals surface area contributed by atoms with Gasteiger partial charge >= 0.3 is 0 Å². The lowest BCUT2D eigenvalue weighted by atomic mass is 10.1. The summed E-state index contributed by atoms with van der Waals surface area (Å²) >= 11 is 0. The Morgan fingerprint density at radius 2 is 1.55 bits per heavy atom. The number of hydrogen-bond donors (Lipinski definition) is 1.